The van der Waals surface area contributed by atoms with Crippen LogP contribution in [0.5, 0.6) is 0 Å². The van der Waals surface area contributed by atoms with E-state index in [4.69, 9.17) is 5.73 Å². The number of nitrogens with zero attached hydrogens (tertiary/aromatic N) is 3. The lowest BCUT2D eigenvalue weighted by Gasteiger charge is -2.09. The van der Waals surface area contributed by atoms with Crippen LogP contribution in [0, 0.1) is 0 Å². The standard InChI is InChI=1S/C10H13N5OS/c1-7(10-12-2-3-17-10)14-8-4-13-15(5-8)6-9(11)16/h2-5,7,14H,6H2,1H3,(H2,11,16). The molecule has 0 radical (unpaired) electrons. The molecule has 0 aliphatic rings. The summed E-state index contributed by atoms with van der Waals surface area (Å²) in [6.07, 6.45) is 5.18. The largest absolute Gasteiger partial charge is 0.374 e. The van der Waals surface area contributed by atoms with Crippen molar-refractivity contribution < 1.29 is 4.79 Å². The Hall–Kier alpha value is -1.89. The predicted molar refractivity (Wildman–Crippen MR) is 65.6 cm³/mol. The van der Waals surface area contributed by atoms with Crippen molar-refractivity contribution in [2.24, 2.45) is 5.73 Å². The van der Waals surface area contributed by atoms with Gasteiger partial charge in [-0.1, -0.05) is 0 Å². The summed E-state index contributed by atoms with van der Waals surface area (Å²) in [7, 11) is 0. The van der Waals surface area contributed by atoms with Crippen molar-refractivity contribution in [2.75, 3.05) is 5.32 Å². The lowest BCUT2D eigenvalue weighted by atomic mass is 10.3. The van der Waals surface area contributed by atoms with Gasteiger partial charge >= 0.3 is 0 Å². The van der Waals surface area contributed by atoms with Gasteiger partial charge in [-0.15, -0.1) is 11.3 Å². The van der Waals surface area contributed by atoms with E-state index in [0.717, 1.165) is 10.7 Å². The lowest BCUT2D eigenvalue weighted by molar-refractivity contribution is -0.118. The Labute approximate surface area is 102 Å². The van der Waals surface area contributed by atoms with Gasteiger partial charge in [0.1, 0.15) is 11.6 Å². The SMILES string of the molecule is CC(Nc1cnn(CC(N)=O)c1)c1nccs1. The second-order valence-corrected chi connectivity index (χ2v) is 4.56. The highest BCUT2D eigenvalue weighted by atomic mass is 32.1. The molecule has 90 valence electrons. The second-order valence-electron chi connectivity index (χ2n) is 3.63. The molecule has 0 aliphatic heterocycles. The molecular formula is C10H13N5OS. The van der Waals surface area contributed by atoms with Crippen molar-refractivity contribution in [3.05, 3.63) is 29.0 Å². The Morgan fingerprint density at radius 1 is 1.71 bits per heavy atom. The van der Waals surface area contributed by atoms with E-state index in [9.17, 15) is 4.79 Å². The maximum Gasteiger partial charge on any atom is 0.239 e. The smallest absolute Gasteiger partial charge is 0.239 e. The average molecular weight is 251 g/mol. The maximum atomic E-state index is 10.7. The molecule has 6 nitrogen and oxygen atoms in total. The van der Waals surface area contributed by atoms with E-state index in [0.29, 0.717) is 0 Å². The third-order valence-corrected chi connectivity index (χ3v) is 3.11. The number of hydrogen-bond acceptors (Lipinski definition) is 5. The summed E-state index contributed by atoms with van der Waals surface area (Å²) in [5.74, 6) is -0.410. The van der Waals surface area contributed by atoms with Gasteiger partial charge in [-0.05, 0) is 6.92 Å². The van der Waals surface area contributed by atoms with Crippen molar-refractivity contribution in [3.8, 4) is 0 Å². The van der Waals surface area contributed by atoms with Gasteiger partial charge in [0.15, 0.2) is 0 Å². The molecule has 2 aromatic rings. The van der Waals surface area contributed by atoms with Gasteiger partial charge in [0.05, 0.1) is 17.9 Å². The van der Waals surface area contributed by atoms with Crippen molar-refractivity contribution in [1.82, 2.24) is 14.8 Å². The van der Waals surface area contributed by atoms with E-state index in [1.807, 2.05) is 12.3 Å². The highest BCUT2D eigenvalue weighted by Gasteiger charge is 2.09. The quantitative estimate of drug-likeness (QED) is 0.830. The van der Waals surface area contributed by atoms with Crippen LogP contribution in [0.2, 0.25) is 0 Å². The second kappa shape index (κ2) is 4.96. The molecule has 0 bridgehead atoms. The molecule has 1 unspecified atom stereocenters. The van der Waals surface area contributed by atoms with Crippen LogP contribution in [0.25, 0.3) is 0 Å². The number of nitrogens with two attached hydrogens (primary N) is 1. The van der Waals surface area contributed by atoms with Gasteiger partial charge in [-0.2, -0.15) is 5.10 Å². The molecule has 7 heteroatoms. The Morgan fingerprint density at radius 2 is 2.53 bits per heavy atom. The summed E-state index contributed by atoms with van der Waals surface area (Å²) in [4.78, 5) is 14.9. The number of anilines is 1. The average Bonchev–Trinajstić information content (AvgIpc) is 2.87. The number of rotatable bonds is 5. The molecule has 17 heavy (non-hydrogen) atoms. The molecule has 0 aromatic carbocycles. The van der Waals surface area contributed by atoms with E-state index >= 15 is 0 Å². The Bertz CT molecular complexity index is 493. The van der Waals surface area contributed by atoms with Crippen molar-refractivity contribution >= 4 is 22.9 Å². The highest BCUT2D eigenvalue weighted by molar-refractivity contribution is 7.09. The molecule has 2 heterocycles. The van der Waals surface area contributed by atoms with Crippen LogP contribution in [0.4, 0.5) is 5.69 Å². The van der Waals surface area contributed by atoms with Crippen molar-refractivity contribution in [2.45, 2.75) is 19.5 Å². The van der Waals surface area contributed by atoms with Crippen LogP contribution in [0.1, 0.15) is 18.0 Å². The molecule has 0 spiro atoms. The van der Waals surface area contributed by atoms with Gasteiger partial charge in [-0.25, -0.2) is 4.98 Å². The van der Waals surface area contributed by atoms with E-state index < -0.39 is 5.91 Å². The van der Waals surface area contributed by atoms with Gasteiger partial charge in [0.25, 0.3) is 0 Å². The molecule has 0 aliphatic carbocycles. The maximum absolute atomic E-state index is 10.7. The van der Waals surface area contributed by atoms with Gasteiger partial charge in [-0.3, -0.25) is 9.48 Å². The number of carbonyl (C=O) groups excluding carboxylic acids is 1. The van der Waals surface area contributed by atoms with E-state index in [1.165, 1.54) is 4.68 Å². The van der Waals surface area contributed by atoms with Gasteiger partial charge in [0.2, 0.25) is 5.91 Å². The summed E-state index contributed by atoms with van der Waals surface area (Å²) in [5.41, 5.74) is 5.93. The summed E-state index contributed by atoms with van der Waals surface area (Å²) in [6, 6.07) is 0.112. The molecular weight excluding hydrogens is 238 g/mol. The third kappa shape index (κ3) is 3.04. The minimum atomic E-state index is -0.410. The first kappa shape index (κ1) is 11.6. The molecule has 2 rings (SSSR count). The Kier molecular flexibility index (Phi) is 3.38. The molecule has 0 saturated heterocycles. The number of carbonyl (C=O) groups is 1. The van der Waals surface area contributed by atoms with E-state index in [-0.39, 0.29) is 12.6 Å². The monoisotopic (exact) mass is 251 g/mol. The zero-order valence-corrected chi connectivity index (χ0v) is 10.1. The van der Waals surface area contributed by atoms with Crippen LogP contribution in [-0.4, -0.2) is 20.7 Å². The van der Waals surface area contributed by atoms with Gasteiger partial charge < -0.3 is 11.1 Å². The zero-order valence-electron chi connectivity index (χ0n) is 9.33. The minimum absolute atomic E-state index is 0.0906. The summed E-state index contributed by atoms with van der Waals surface area (Å²) < 4.78 is 1.50. The normalized spacial score (nSPS) is 12.3. The number of hydrogen-bond donors (Lipinski definition) is 2. The lowest BCUT2D eigenvalue weighted by Crippen LogP contribution is -2.18. The molecule has 1 atom stereocenters. The van der Waals surface area contributed by atoms with Crippen molar-refractivity contribution in [3.63, 3.8) is 0 Å². The van der Waals surface area contributed by atoms with E-state index in [1.54, 1.807) is 29.9 Å². The number of primary amides is 1. The minimum Gasteiger partial charge on any atom is -0.374 e. The molecule has 0 saturated carbocycles. The van der Waals surface area contributed by atoms with Crippen molar-refractivity contribution in [1.29, 1.82) is 0 Å². The molecule has 2 aromatic heterocycles. The Balaban J connectivity index is 1.99. The number of amides is 1. The Morgan fingerprint density at radius 3 is 3.18 bits per heavy atom. The van der Waals surface area contributed by atoms with Gasteiger partial charge in [0, 0.05) is 17.8 Å². The number of aromatic nitrogens is 3. The molecule has 3 N–H and O–H groups in total. The first-order valence-corrected chi connectivity index (χ1v) is 6.00. The summed E-state index contributed by atoms with van der Waals surface area (Å²) >= 11 is 1.59. The summed E-state index contributed by atoms with van der Waals surface area (Å²) in [5, 5.41) is 10.2. The number of nitrogens with one attached hydrogen (secondary N) is 1. The van der Waals surface area contributed by atoms with Crippen LogP contribution < -0.4 is 11.1 Å². The fourth-order valence-corrected chi connectivity index (χ4v) is 2.09. The fourth-order valence-electron chi connectivity index (χ4n) is 1.44. The fraction of sp³-hybridized carbons (Fsp3) is 0.300. The number of thiazole rings is 1. The topological polar surface area (TPSA) is 85.8 Å². The van der Waals surface area contributed by atoms with Crippen LogP contribution in [-0.2, 0) is 11.3 Å². The molecule has 0 fully saturated rings. The van der Waals surface area contributed by atoms with Crippen LogP contribution >= 0.6 is 11.3 Å². The molecule has 1 amide bonds. The summed E-state index contributed by atoms with van der Waals surface area (Å²) in [6.45, 7) is 2.11. The predicted octanol–water partition coefficient (Wildman–Crippen LogP) is 0.998. The first-order chi connectivity index (χ1) is 8.15. The van der Waals surface area contributed by atoms with Crippen LogP contribution in [0.3, 0.4) is 0 Å². The first-order valence-electron chi connectivity index (χ1n) is 5.12. The highest BCUT2D eigenvalue weighted by Crippen LogP contribution is 2.20. The van der Waals surface area contributed by atoms with E-state index in [2.05, 4.69) is 15.4 Å². The van der Waals surface area contributed by atoms with Crippen LogP contribution in [0.15, 0.2) is 24.0 Å². The third-order valence-electron chi connectivity index (χ3n) is 2.16. The zero-order chi connectivity index (χ0) is 12.3.